The van der Waals surface area contributed by atoms with Crippen LogP contribution >= 0.6 is 0 Å². The molecule has 0 saturated carbocycles. The average Bonchev–Trinajstić information content (AvgIpc) is 2.95. The van der Waals surface area contributed by atoms with Gasteiger partial charge in [-0.25, -0.2) is 4.98 Å². The topological polar surface area (TPSA) is 62.7 Å². The van der Waals surface area contributed by atoms with Gasteiger partial charge < -0.3 is 14.7 Å². The molecule has 114 valence electrons. The van der Waals surface area contributed by atoms with Crippen LogP contribution in [0.4, 0.5) is 5.82 Å². The molecular formula is C17H18N2O3. The second-order valence-electron chi connectivity index (χ2n) is 6.22. The molecule has 0 amide bonds. The number of carbonyl (C=O) groups is 1. The number of carboxylic acid groups (broad SMARTS) is 1. The predicted molar refractivity (Wildman–Crippen MR) is 83.0 cm³/mol. The Hall–Kier alpha value is -2.14. The Morgan fingerprint density at radius 2 is 2.23 bits per heavy atom. The average molecular weight is 298 g/mol. The van der Waals surface area contributed by atoms with E-state index in [-0.39, 0.29) is 5.92 Å². The maximum Gasteiger partial charge on any atom is 0.311 e. The van der Waals surface area contributed by atoms with Crippen molar-refractivity contribution in [3.63, 3.8) is 0 Å². The third-order valence-corrected chi connectivity index (χ3v) is 5.08. The molecule has 5 heteroatoms. The van der Waals surface area contributed by atoms with Gasteiger partial charge in [0.2, 0.25) is 0 Å². The number of pyridine rings is 1. The zero-order valence-electron chi connectivity index (χ0n) is 12.2. The number of aromatic nitrogens is 1. The minimum absolute atomic E-state index is 0.0273. The quantitative estimate of drug-likeness (QED) is 0.920. The largest absolute Gasteiger partial charge is 0.481 e. The van der Waals surface area contributed by atoms with Gasteiger partial charge in [-0.05, 0) is 17.9 Å². The van der Waals surface area contributed by atoms with Crippen molar-refractivity contribution in [2.24, 2.45) is 11.3 Å². The standard InChI is InChI=1S/C17H18N2O3/c20-16(21)17-6-8-22-10-13(17)9-19(11-17)15-14-4-2-1-3-12(14)5-7-18-15/h1-5,7,13H,6,8-11H2,(H,20,21)/t13-,17+/m1/s1. The number of benzene rings is 1. The fraction of sp³-hybridized carbons (Fsp3) is 0.412. The van der Waals surface area contributed by atoms with E-state index in [9.17, 15) is 9.90 Å². The van der Waals surface area contributed by atoms with Crippen LogP contribution in [0.3, 0.4) is 0 Å². The van der Waals surface area contributed by atoms with Crippen LogP contribution in [-0.2, 0) is 9.53 Å². The molecule has 2 aliphatic rings. The summed E-state index contributed by atoms with van der Waals surface area (Å²) in [5.41, 5.74) is -0.698. The minimum atomic E-state index is -0.705. The van der Waals surface area contributed by atoms with Crippen molar-refractivity contribution < 1.29 is 14.6 Å². The lowest BCUT2D eigenvalue weighted by Gasteiger charge is -2.33. The molecule has 2 fully saturated rings. The van der Waals surface area contributed by atoms with Crippen molar-refractivity contribution in [1.82, 2.24) is 4.98 Å². The Morgan fingerprint density at radius 3 is 3.05 bits per heavy atom. The van der Waals surface area contributed by atoms with Crippen LogP contribution in [0.2, 0.25) is 0 Å². The second kappa shape index (κ2) is 4.95. The third kappa shape index (κ3) is 1.89. The van der Waals surface area contributed by atoms with E-state index in [1.165, 1.54) is 0 Å². The summed E-state index contributed by atoms with van der Waals surface area (Å²) < 4.78 is 5.52. The number of fused-ring (bicyclic) bond motifs is 2. The summed E-state index contributed by atoms with van der Waals surface area (Å²) in [6.45, 7) is 2.25. The van der Waals surface area contributed by atoms with Gasteiger partial charge >= 0.3 is 5.97 Å². The number of nitrogens with zero attached hydrogens (tertiary/aromatic N) is 2. The molecule has 0 bridgehead atoms. The van der Waals surface area contributed by atoms with E-state index in [4.69, 9.17) is 4.74 Å². The van der Waals surface area contributed by atoms with Gasteiger partial charge in [-0.15, -0.1) is 0 Å². The van der Waals surface area contributed by atoms with Gasteiger partial charge in [0.1, 0.15) is 5.82 Å². The first kappa shape index (κ1) is 13.5. The van der Waals surface area contributed by atoms with Gasteiger partial charge in [-0.3, -0.25) is 4.79 Å². The molecule has 2 aromatic rings. The number of anilines is 1. The molecule has 3 heterocycles. The number of ether oxygens (including phenoxy) is 1. The van der Waals surface area contributed by atoms with E-state index in [1.54, 1.807) is 6.20 Å². The maximum absolute atomic E-state index is 11.9. The Balaban J connectivity index is 1.76. The first-order valence-corrected chi connectivity index (χ1v) is 7.60. The van der Waals surface area contributed by atoms with Crippen LogP contribution in [0.15, 0.2) is 36.5 Å². The summed E-state index contributed by atoms with van der Waals surface area (Å²) in [6, 6.07) is 10.1. The highest BCUT2D eigenvalue weighted by molar-refractivity contribution is 5.92. The van der Waals surface area contributed by atoms with Crippen molar-refractivity contribution in [1.29, 1.82) is 0 Å². The van der Waals surface area contributed by atoms with Crippen molar-refractivity contribution in [2.45, 2.75) is 6.42 Å². The third-order valence-electron chi connectivity index (χ3n) is 5.08. The highest BCUT2D eigenvalue weighted by Gasteiger charge is 2.54. The summed E-state index contributed by atoms with van der Waals surface area (Å²) in [4.78, 5) is 18.5. The first-order chi connectivity index (χ1) is 10.7. The van der Waals surface area contributed by atoms with E-state index in [0.29, 0.717) is 32.7 Å². The van der Waals surface area contributed by atoms with Gasteiger partial charge in [0.25, 0.3) is 0 Å². The summed E-state index contributed by atoms with van der Waals surface area (Å²) in [5.74, 6) is 0.205. The van der Waals surface area contributed by atoms with Crippen molar-refractivity contribution in [2.75, 3.05) is 31.2 Å². The molecule has 2 aliphatic heterocycles. The van der Waals surface area contributed by atoms with Gasteiger partial charge in [0.05, 0.1) is 12.0 Å². The predicted octanol–water partition coefficient (Wildman–Crippen LogP) is 2.16. The van der Waals surface area contributed by atoms with E-state index >= 15 is 0 Å². The van der Waals surface area contributed by atoms with E-state index in [0.717, 1.165) is 16.6 Å². The highest BCUT2D eigenvalue weighted by Crippen LogP contribution is 2.44. The van der Waals surface area contributed by atoms with Gasteiger partial charge in [0.15, 0.2) is 0 Å². The molecule has 1 N–H and O–H groups in total. The number of aliphatic carboxylic acids is 1. The van der Waals surface area contributed by atoms with Crippen molar-refractivity contribution in [3.8, 4) is 0 Å². The Kier molecular flexibility index (Phi) is 3.04. The zero-order valence-corrected chi connectivity index (χ0v) is 12.2. The summed E-state index contributed by atoms with van der Waals surface area (Å²) in [5, 5.41) is 12.0. The molecule has 0 radical (unpaired) electrons. The van der Waals surface area contributed by atoms with Gasteiger partial charge in [-0.2, -0.15) is 0 Å². The summed E-state index contributed by atoms with van der Waals surface area (Å²) >= 11 is 0. The highest BCUT2D eigenvalue weighted by atomic mass is 16.5. The molecule has 0 spiro atoms. The van der Waals surface area contributed by atoms with Crippen LogP contribution in [0.5, 0.6) is 0 Å². The van der Waals surface area contributed by atoms with Crippen LogP contribution in [-0.4, -0.2) is 42.4 Å². The van der Waals surface area contributed by atoms with E-state index < -0.39 is 11.4 Å². The number of carboxylic acids is 1. The fourth-order valence-electron chi connectivity index (χ4n) is 3.82. The molecule has 1 aromatic carbocycles. The van der Waals surface area contributed by atoms with Crippen LogP contribution in [0.1, 0.15) is 6.42 Å². The normalized spacial score (nSPS) is 27.8. The van der Waals surface area contributed by atoms with Crippen LogP contribution < -0.4 is 4.90 Å². The number of hydrogen-bond acceptors (Lipinski definition) is 4. The molecule has 5 nitrogen and oxygen atoms in total. The number of hydrogen-bond donors (Lipinski definition) is 1. The van der Waals surface area contributed by atoms with Crippen molar-refractivity contribution in [3.05, 3.63) is 36.5 Å². The Morgan fingerprint density at radius 1 is 1.36 bits per heavy atom. The lowest BCUT2D eigenvalue weighted by atomic mass is 9.74. The molecule has 2 atom stereocenters. The molecule has 0 unspecified atom stereocenters. The lowest BCUT2D eigenvalue weighted by Crippen LogP contribution is -2.44. The zero-order chi connectivity index (χ0) is 15.2. The molecular weight excluding hydrogens is 280 g/mol. The van der Waals surface area contributed by atoms with Crippen LogP contribution in [0.25, 0.3) is 10.8 Å². The van der Waals surface area contributed by atoms with E-state index in [1.807, 2.05) is 24.3 Å². The lowest BCUT2D eigenvalue weighted by molar-refractivity contribution is -0.157. The summed E-state index contributed by atoms with van der Waals surface area (Å²) in [7, 11) is 0. The molecule has 2 saturated heterocycles. The van der Waals surface area contributed by atoms with Crippen LogP contribution in [0, 0.1) is 11.3 Å². The SMILES string of the molecule is O=C(O)[C@]12CCOC[C@H]1CN(c1nccc3ccccc13)C2. The Bertz CT molecular complexity index is 727. The maximum atomic E-state index is 11.9. The molecule has 22 heavy (non-hydrogen) atoms. The smallest absolute Gasteiger partial charge is 0.311 e. The molecule has 0 aliphatic carbocycles. The first-order valence-electron chi connectivity index (χ1n) is 7.60. The van der Waals surface area contributed by atoms with Crippen molar-refractivity contribution >= 4 is 22.6 Å². The number of rotatable bonds is 2. The molecule has 4 rings (SSSR count). The van der Waals surface area contributed by atoms with Gasteiger partial charge in [0, 0.05) is 37.2 Å². The monoisotopic (exact) mass is 298 g/mol. The molecule has 1 aromatic heterocycles. The van der Waals surface area contributed by atoms with E-state index in [2.05, 4.69) is 16.0 Å². The fourth-order valence-corrected chi connectivity index (χ4v) is 3.82. The summed E-state index contributed by atoms with van der Waals surface area (Å²) in [6.07, 6.45) is 2.37. The second-order valence-corrected chi connectivity index (χ2v) is 6.22. The van der Waals surface area contributed by atoms with Gasteiger partial charge in [-0.1, -0.05) is 24.3 Å². The minimum Gasteiger partial charge on any atom is -0.481 e. The Labute approximate surface area is 128 Å².